The summed E-state index contributed by atoms with van der Waals surface area (Å²) in [5.74, 6) is 1.18. The Balaban J connectivity index is 2.54. The third kappa shape index (κ3) is 1.06. The fourth-order valence-corrected chi connectivity index (χ4v) is 1.18. The van der Waals surface area contributed by atoms with E-state index >= 15 is 0 Å². The molecule has 0 spiro atoms. The topological polar surface area (TPSA) is 35.8 Å². The predicted molar refractivity (Wildman–Crippen MR) is 35.7 cm³/mol. The van der Waals surface area contributed by atoms with Gasteiger partial charge in [0.05, 0.1) is 12.1 Å². The average molecular weight is 124 g/mol. The van der Waals surface area contributed by atoms with Crippen molar-refractivity contribution in [1.29, 1.82) is 5.26 Å². The standard InChI is InChI=1S/C7H12N2/c1-5-4-9-7(3-8)6(5)2/h5-7,9H,4H2,1-2H3/t5-,6-,7+/m0/s1. The van der Waals surface area contributed by atoms with E-state index in [1.165, 1.54) is 0 Å². The molecule has 0 unspecified atom stereocenters. The first kappa shape index (κ1) is 6.57. The fourth-order valence-electron chi connectivity index (χ4n) is 1.18. The molecule has 0 aromatic carbocycles. The second-order valence-corrected chi connectivity index (χ2v) is 2.85. The molecule has 0 aromatic rings. The number of hydrogen-bond acceptors (Lipinski definition) is 2. The van der Waals surface area contributed by atoms with Gasteiger partial charge in [-0.3, -0.25) is 0 Å². The molecule has 1 heterocycles. The highest BCUT2D eigenvalue weighted by Gasteiger charge is 2.28. The Hall–Kier alpha value is -0.550. The van der Waals surface area contributed by atoms with Gasteiger partial charge < -0.3 is 5.32 Å². The van der Waals surface area contributed by atoms with Crippen LogP contribution in [0.15, 0.2) is 0 Å². The molecule has 0 aliphatic carbocycles. The molecule has 0 radical (unpaired) electrons. The summed E-state index contributed by atoms with van der Waals surface area (Å²) >= 11 is 0. The van der Waals surface area contributed by atoms with Crippen molar-refractivity contribution < 1.29 is 0 Å². The molecule has 1 fully saturated rings. The molecule has 2 nitrogen and oxygen atoms in total. The van der Waals surface area contributed by atoms with E-state index < -0.39 is 0 Å². The van der Waals surface area contributed by atoms with Crippen molar-refractivity contribution in [3.8, 4) is 6.07 Å². The first-order valence-corrected chi connectivity index (χ1v) is 3.38. The second kappa shape index (κ2) is 2.36. The quantitative estimate of drug-likeness (QED) is 0.517. The zero-order valence-corrected chi connectivity index (χ0v) is 5.89. The van der Waals surface area contributed by atoms with Crippen LogP contribution in [0.5, 0.6) is 0 Å². The SMILES string of the molecule is C[C@H]1[C@@H](C)CN[C@@H]1C#N. The Morgan fingerprint density at radius 2 is 2.22 bits per heavy atom. The second-order valence-electron chi connectivity index (χ2n) is 2.85. The number of rotatable bonds is 0. The number of nitrogens with one attached hydrogen (secondary N) is 1. The Bertz CT molecular complexity index is 136. The summed E-state index contributed by atoms with van der Waals surface area (Å²) in [5, 5.41) is 11.7. The van der Waals surface area contributed by atoms with Crippen LogP contribution in [0.2, 0.25) is 0 Å². The van der Waals surface area contributed by atoms with Crippen molar-refractivity contribution in [1.82, 2.24) is 5.32 Å². The maximum Gasteiger partial charge on any atom is 0.0981 e. The minimum absolute atomic E-state index is 0.0972. The molecule has 9 heavy (non-hydrogen) atoms. The van der Waals surface area contributed by atoms with Crippen LogP contribution >= 0.6 is 0 Å². The summed E-state index contributed by atoms with van der Waals surface area (Å²) in [7, 11) is 0. The van der Waals surface area contributed by atoms with E-state index in [9.17, 15) is 0 Å². The molecular weight excluding hydrogens is 112 g/mol. The van der Waals surface area contributed by atoms with Gasteiger partial charge in [0.15, 0.2) is 0 Å². The van der Waals surface area contributed by atoms with Crippen LogP contribution < -0.4 is 5.32 Å². The maximum atomic E-state index is 8.54. The van der Waals surface area contributed by atoms with Crippen molar-refractivity contribution in [2.24, 2.45) is 11.8 Å². The molecule has 3 atom stereocenters. The molecule has 1 aliphatic heterocycles. The number of nitriles is 1. The smallest absolute Gasteiger partial charge is 0.0981 e. The molecule has 50 valence electrons. The zero-order valence-electron chi connectivity index (χ0n) is 5.89. The van der Waals surface area contributed by atoms with Crippen molar-refractivity contribution >= 4 is 0 Å². The summed E-state index contributed by atoms with van der Waals surface area (Å²) in [6, 6.07) is 2.33. The van der Waals surface area contributed by atoms with E-state index in [1.807, 2.05) is 0 Å². The van der Waals surface area contributed by atoms with Crippen LogP contribution in [-0.2, 0) is 0 Å². The fraction of sp³-hybridized carbons (Fsp3) is 0.857. The van der Waals surface area contributed by atoms with E-state index in [1.54, 1.807) is 0 Å². The van der Waals surface area contributed by atoms with Gasteiger partial charge in [0.25, 0.3) is 0 Å². The molecule has 0 saturated carbocycles. The molecule has 1 rings (SSSR count). The molecule has 0 amide bonds. The Labute approximate surface area is 55.9 Å². The lowest BCUT2D eigenvalue weighted by Gasteiger charge is -2.08. The van der Waals surface area contributed by atoms with Gasteiger partial charge in [0.1, 0.15) is 0 Å². The predicted octanol–water partition coefficient (Wildman–Crippen LogP) is 0.754. The van der Waals surface area contributed by atoms with Gasteiger partial charge in [-0.25, -0.2) is 0 Å². The van der Waals surface area contributed by atoms with Crippen molar-refractivity contribution in [3.05, 3.63) is 0 Å². The minimum atomic E-state index is 0.0972. The van der Waals surface area contributed by atoms with E-state index in [-0.39, 0.29) is 6.04 Å². The monoisotopic (exact) mass is 124 g/mol. The molecule has 1 N–H and O–H groups in total. The molecule has 2 heteroatoms. The highest BCUT2D eigenvalue weighted by molar-refractivity contribution is 4.99. The summed E-state index contributed by atoms with van der Waals surface area (Å²) < 4.78 is 0. The van der Waals surface area contributed by atoms with Gasteiger partial charge in [-0.15, -0.1) is 0 Å². The Kier molecular flexibility index (Phi) is 1.73. The van der Waals surface area contributed by atoms with Crippen molar-refractivity contribution in [3.63, 3.8) is 0 Å². The lowest BCUT2D eigenvalue weighted by Crippen LogP contribution is -2.23. The van der Waals surface area contributed by atoms with Crippen LogP contribution in [0.4, 0.5) is 0 Å². The molecule has 0 bridgehead atoms. The largest absolute Gasteiger partial charge is 0.301 e. The van der Waals surface area contributed by atoms with Crippen LogP contribution in [-0.4, -0.2) is 12.6 Å². The van der Waals surface area contributed by atoms with Crippen molar-refractivity contribution in [2.45, 2.75) is 19.9 Å². The summed E-state index contributed by atoms with van der Waals surface area (Å²) in [5.41, 5.74) is 0. The molecule has 1 saturated heterocycles. The number of nitrogens with zero attached hydrogens (tertiary/aromatic N) is 1. The lowest BCUT2D eigenvalue weighted by molar-refractivity contribution is 0.462. The minimum Gasteiger partial charge on any atom is -0.301 e. The zero-order chi connectivity index (χ0) is 6.85. The normalized spacial score (nSPS) is 42.6. The summed E-state index contributed by atoms with van der Waals surface area (Å²) in [4.78, 5) is 0. The highest BCUT2D eigenvalue weighted by Crippen LogP contribution is 2.19. The molecular formula is C7H12N2. The lowest BCUT2D eigenvalue weighted by atomic mass is 9.95. The van der Waals surface area contributed by atoms with Crippen molar-refractivity contribution in [2.75, 3.05) is 6.54 Å². The summed E-state index contributed by atoms with van der Waals surface area (Å²) in [6.07, 6.45) is 0. The van der Waals surface area contributed by atoms with Gasteiger partial charge in [-0.1, -0.05) is 13.8 Å². The maximum absolute atomic E-state index is 8.54. The van der Waals surface area contributed by atoms with E-state index in [4.69, 9.17) is 5.26 Å². The third-order valence-electron chi connectivity index (χ3n) is 2.22. The van der Waals surface area contributed by atoms with Gasteiger partial charge >= 0.3 is 0 Å². The molecule has 1 aliphatic rings. The van der Waals surface area contributed by atoms with Gasteiger partial charge in [0.2, 0.25) is 0 Å². The highest BCUT2D eigenvalue weighted by atomic mass is 15.0. The average Bonchev–Trinajstić information content (AvgIpc) is 2.15. The first-order chi connectivity index (χ1) is 4.25. The van der Waals surface area contributed by atoms with Gasteiger partial charge in [-0.2, -0.15) is 5.26 Å². The Morgan fingerprint density at radius 3 is 2.44 bits per heavy atom. The van der Waals surface area contributed by atoms with Crippen LogP contribution in [0.1, 0.15) is 13.8 Å². The van der Waals surface area contributed by atoms with E-state index in [0.717, 1.165) is 6.54 Å². The van der Waals surface area contributed by atoms with Crippen LogP contribution in [0, 0.1) is 23.2 Å². The van der Waals surface area contributed by atoms with E-state index in [0.29, 0.717) is 11.8 Å². The Morgan fingerprint density at radius 1 is 1.56 bits per heavy atom. The van der Waals surface area contributed by atoms with E-state index in [2.05, 4.69) is 25.2 Å². The third-order valence-corrected chi connectivity index (χ3v) is 2.22. The van der Waals surface area contributed by atoms with Crippen LogP contribution in [0.25, 0.3) is 0 Å². The summed E-state index contributed by atoms with van der Waals surface area (Å²) in [6.45, 7) is 5.30. The molecule has 0 aromatic heterocycles. The van der Waals surface area contributed by atoms with Crippen LogP contribution in [0.3, 0.4) is 0 Å². The van der Waals surface area contributed by atoms with Gasteiger partial charge in [0, 0.05) is 0 Å². The number of hydrogen-bond donors (Lipinski definition) is 1. The van der Waals surface area contributed by atoms with Gasteiger partial charge in [-0.05, 0) is 18.4 Å². The first-order valence-electron chi connectivity index (χ1n) is 3.38.